The Morgan fingerprint density at radius 1 is 1.24 bits per heavy atom. The Kier molecular flexibility index (Phi) is 8.11. The zero-order chi connectivity index (χ0) is 13.3. The molecule has 0 fully saturated rings. The van der Waals surface area contributed by atoms with Gasteiger partial charge in [-0.2, -0.15) is 4.31 Å². The predicted molar refractivity (Wildman–Crippen MR) is 64.2 cm³/mol. The highest BCUT2D eigenvalue weighted by Gasteiger charge is 2.21. The first-order valence-corrected chi connectivity index (χ1v) is 7.12. The summed E-state index contributed by atoms with van der Waals surface area (Å²) in [5.41, 5.74) is 0. The van der Waals surface area contributed by atoms with E-state index < -0.39 is 16.0 Å². The quantitative estimate of drug-likeness (QED) is 0.559. The summed E-state index contributed by atoms with van der Waals surface area (Å²) in [6.07, 6.45) is 0.604. The largest absolute Gasteiger partial charge is 0.469 e. The molecule has 7 heteroatoms. The van der Waals surface area contributed by atoms with E-state index in [1.54, 1.807) is 6.92 Å². The van der Waals surface area contributed by atoms with E-state index in [1.165, 1.54) is 18.5 Å². The summed E-state index contributed by atoms with van der Waals surface area (Å²) in [5.74, 6) is -0.336. The number of esters is 1. The lowest BCUT2D eigenvalue weighted by Gasteiger charge is -2.20. The number of hydrogen-bond acceptors (Lipinski definition) is 5. The number of carbonyl (C=O) groups is 1. The van der Waals surface area contributed by atoms with Crippen molar-refractivity contribution in [2.45, 2.75) is 19.8 Å². The van der Waals surface area contributed by atoms with Crippen molar-refractivity contribution < 1.29 is 22.7 Å². The third kappa shape index (κ3) is 6.60. The molecule has 0 aliphatic rings. The van der Waals surface area contributed by atoms with Gasteiger partial charge in [0.2, 0.25) is 10.0 Å². The maximum absolute atomic E-state index is 11.9. The molecule has 0 N–H and O–H groups in total. The zero-order valence-electron chi connectivity index (χ0n) is 10.6. The summed E-state index contributed by atoms with van der Waals surface area (Å²) in [5, 5.41) is 0. The number of nitrogens with zero attached hydrogens (tertiary/aromatic N) is 1. The fourth-order valence-electron chi connectivity index (χ4n) is 1.29. The molecular formula is C10H21NO5S. The van der Waals surface area contributed by atoms with Crippen LogP contribution in [0, 0.1) is 0 Å². The second-order valence-corrected chi connectivity index (χ2v) is 5.62. The van der Waals surface area contributed by atoms with E-state index in [2.05, 4.69) is 4.74 Å². The second kappa shape index (κ2) is 8.43. The lowest BCUT2D eigenvalue weighted by molar-refractivity contribution is -0.140. The molecule has 0 amide bonds. The Balaban J connectivity index is 4.47. The number of hydrogen-bond donors (Lipinski definition) is 0. The Morgan fingerprint density at radius 3 is 2.35 bits per heavy atom. The number of ether oxygens (including phenoxy) is 2. The van der Waals surface area contributed by atoms with Gasteiger partial charge in [0, 0.05) is 20.2 Å². The molecule has 0 aromatic heterocycles. The van der Waals surface area contributed by atoms with E-state index in [0.29, 0.717) is 13.0 Å². The Bertz CT molecular complexity index is 315. The molecule has 0 atom stereocenters. The average molecular weight is 267 g/mol. The van der Waals surface area contributed by atoms with Gasteiger partial charge in [0.1, 0.15) is 0 Å². The summed E-state index contributed by atoms with van der Waals surface area (Å²) in [6, 6.07) is 0. The SMILES string of the molecule is CCCS(=O)(=O)N(CCOC)CCC(=O)OC. The van der Waals surface area contributed by atoms with Crippen molar-refractivity contribution in [3.8, 4) is 0 Å². The Hall–Kier alpha value is -0.660. The Morgan fingerprint density at radius 2 is 1.88 bits per heavy atom. The van der Waals surface area contributed by atoms with Gasteiger partial charge in [-0.1, -0.05) is 6.92 Å². The molecule has 0 heterocycles. The van der Waals surface area contributed by atoms with E-state index in [0.717, 1.165) is 0 Å². The van der Waals surface area contributed by atoms with Crippen LogP contribution in [0.4, 0.5) is 0 Å². The molecule has 0 spiro atoms. The minimum Gasteiger partial charge on any atom is -0.469 e. The lowest BCUT2D eigenvalue weighted by Crippen LogP contribution is -2.37. The van der Waals surface area contributed by atoms with Crippen LogP contribution in [0.5, 0.6) is 0 Å². The summed E-state index contributed by atoms with van der Waals surface area (Å²) in [4.78, 5) is 11.0. The van der Waals surface area contributed by atoms with Crippen LogP contribution in [0.1, 0.15) is 19.8 Å². The first-order valence-electron chi connectivity index (χ1n) is 5.51. The minimum atomic E-state index is -3.30. The van der Waals surface area contributed by atoms with Gasteiger partial charge in [-0.05, 0) is 6.42 Å². The highest BCUT2D eigenvalue weighted by molar-refractivity contribution is 7.89. The smallest absolute Gasteiger partial charge is 0.306 e. The highest BCUT2D eigenvalue weighted by Crippen LogP contribution is 2.05. The van der Waals surface area contributed by atoms with E-state index in [4.69, 9.17) is 4.74 Å². The topological polar surface area (TPSA) is 72.9 Å². The molecule has 102 valence electrons. The number of sulfonamides is 1. The third-order valence-electron chi connectivity index (χ3n) is 2.19. The molecule has 6 nitrogen and oxygen atoms in total. The molecule has 0 unspecified atom stereocenters. The summed E-state index contributed by atoms with van der Waals surface area (Å²) < 4.78 is 34.3. The molecule has 0 bridgehead atoms. The van der Waals surface area contributed by atoms with Crippen molar-refractivity contribution in [1.29, 1.82) is 0 Å². The second-order valence-electron chi connectivity index (χ2n) is 3.53. The van der Waals surface area contributed by atoms with Crippen molar-refractivity contribution in [2.24, 2.45) is 0 Å². The molecule has 0 saturated carbocycles. The zero-order valence-corrected chi connectivity index (χ0v) is 11.5. The summed E-state index contributed by atoms with van der Waals surface area (Å²) in [7, 11) is -0.518. The van der Waals surface area contributed by atoms with E-state index in [-0.39, 0.29) is 25.3 Å². The Labute approximate surface area is 103 Å². The van der Waals surface area contributed by atoms with Crippen LogP contribution in [-0.4, -0.2) is 58.4 Å². The molecular weight excluding hydrogens is 246 g/mol. The van der Waals surface area contributed by atoms with E-state index in [9.17, 15) is 13.2 Å². The van der Waals surface area contributed by atoms with Crippen molar-refractivity contribution in [2.75, 3.05) is 39.7 Å². The van der Waals surface area contributed by atoms with E-state index >= 15 is 0 Å². The minimum absolute atomic E-state index is 0.0587. The normalized spacial score (nSPS) is 11.8. The molecule has 0 aliphatic heterocycles. The van der Waals surface area contributed by atoms with Gasteiger partial charge < -0.3 is 9.47 Å². The third-order valence-corrected chi connectivity index (χ3v) is 4.27. The van der Waals surface area contributed by atoms with Crippen LogP contribution in [0.15, 0.2) is 0 Å². The molecule has 17 heavy (non-hydrogen) atoms. The van der Waals surface area contributed by atoms with Crippen LogP contribution in [0.3, 0.4) is 0 Å². The van der Waals surface area contributed by atoms with Crippen molar-refractivity contribution in [1.82, 2.24) is 4.31 Å². The number of methoxy groups -OCH3 is 2. The fraction of sp³-hybridized carbons (Fsp3) is 0.900. The fourth-order valence-corrected chi connectivity index (χ4v) is 2.78. The van der Waals surface area contributed by atoms with Gasteiger partial charge in [-0.3, -0.25) is 4.79 Å². The summed E-state index contributed by atoms with van der Waals surface area (Å²) >= 11 is 0. The lowest BCUT2D eigenvalue weighted by atomic mass is 10.4. The maximum Gasteiger partial charge on any atom is 0.306 e. The molecule has 0 radical (unpaired) electrons. The first kappa shape index (κ1) is 16.3. The van der Waals surface area contributed by atoms with Gasteiger partial charge in [0.15, 0.2) is 0 Å². The van der Waals surface area contributed by atoms with E-state index in [1.807, 2.05) is 0 Å². The maximum atomic E-state index is 11.9. The standard InChI is InChI=1S/C10H21NO5S/c1-4-9-17(13,14)11(7-8-15-2)6-5-10(12)16-3/h4-9H2,1-3H3. The molecule has 0 saturated heterocycles. The van der Waals surface area contributed by atoms with Gasteiger partial charge >= 0.3 is 5.97 Å². The van der Waals surface area contributed by atoms with Gasteiger partial charge in [-0.15, -0.1) is 0 Å². The van der Waals surface area contributed by atoms with Gasteiger partial charge in [0.05, 0.1) is 25.9 Å². The van der Waals surface area contributed by atoms with Crippen LogP contribution in [0.2, 0.25) is 0 Å². The average Bonchev–Trinajstić information content (AvgIpc) is 2.28. The van der Waals surface area contributed by atoms with Crippen molar-refractivity contribution in [3.63, 3.8) is 0 Å². The van der Waals surface area contributed by atoms with Crippen molar-refractivity contribution in [3.05, 3.63) is 0 Å². The van der Waals surface area contributed by atoms with Crippen molar-refractivity contribution >= 4 is 16.0 Å². The molecule has 0 rings (SSSR count). The number of rotatable bonds is 9. The highest BCUT2D eigenvalue weighted by atomic mass is 32.2. The molecule has 0 aromatic carbocycles. The van der Waals surface area contributed by atoms with Gasteiger partial charge in [0.25, 0.3) is 0 Å². The molecule has 0 aliphatic carbocycles. The van der Waals surface area contributed by atoms with Crippen LogP contribution in [0.25, 0.3) is 0 Å². The molecule has 0 aromatic rings. The summed E-state index contributed by atoms with van der Waals surface area (Å²) in [6.45, 7) is 2.50. The van der Waals surface area contributed by atoms with Crippen LogP contribution >= 0.6 is 0 Å². The predicted octanol–water partition coefficient (Wildman–Crippen LogP) is 0.238. The monoisotopic (exact) mass is 267 g/mol. The van der Waals surface area contributed by atoms with Crippen LogP contribution < -0.4 is 0 Å². The number of carbonyl (C=O) groups excluding carboxylic acids is 1. The van der Waals surface area contributed by atoms with Crippen LogP contribution in [-0.2, 0) is 24.3 Å². The first-order chi connectivity index (χ1) is 7.97. The van der Waals surface area contributed by atoms with Gasteiger partial charge in [-0.25, -0.2) is 8.42 Å².